The minimum Gasteiger partial charge on any atom is -0.360 e. The largest absolute Gasteiger partial charge is 0.360 e. The molecule has 2 N–H and O–H groups in total. The molecule has 3 amide bonds. The molecule has 2 aromatic carbocycles. The first-order valence-corrected chi connectivity index (χ1v) is 14.1. The summed E-state index contributed by atoms with van der Waals surface area (Å²) < 4.78 is 5.69. The van der Waals surface area contributed by atoms with Gasteiger partial charge in [-0.15, -0.1) is 0 Å². The Morgan fingerprint density at radius 3 is 2.65 bits per heavy atom. The van der Waals surface area contributed by atoms with Crippen molar-refractivity contribution in [1.82, 2.24) is 30.5 Å². The van der Waals surface area contributed by atoms with Crippen LogP contribution in [0.2, 0.25) is 0 Å². The van der Waals surface area contributed by atoms with Crippen LogP contribution in [0.1, 0.15) is 56.4 Å². The van der Waals surface area contributed by atoms with E-state index >= 15 is 0 Å². The maximum absolute atomic E-state index is 13.8. The molecule has 40 heavy (non-hydrogen) atoms. The fraction of sp³-hybridized carbons (Fsp3) is 0.419. The number of aromatic nitrogens is 3. The first-order chi connectivity index (χ1) is 19.2. The van der Waals surface area contributed by atoms with E-state index in [1.807, 2.05) is 58.5 Å². The third-order valence-electron chi connectivity index (χ3n) is 7.96. The van der Waals surface area contributed by atoms with Crippen LogP contribution in [0.5, 0.6) is 0 Å². The summed E-state index contributed by atoms with van der Waals surface area (Å²) in [5, 5.41) is 15.6. The highest BCUT2D eigenvalue weighted by molar-refractivity contribution is 5.90. The normalized spacial score (nSPS) is 18.6. The number of hydrogen-bond donors (Lipinski definition) is 2. The Morgan fingerprint density at radius 2 is 1.90 bits per heavy atom. The molecule has 2 aromatic heterocycles. The third-order valence-corrected chi connectivity index (χ3v) is 7.96. The molecule has 0 bridgehead atoms. The Labute approximate surface area is 233 Å². The van der Waals surface area contributed by atoms with Crippen LogP contribution in [0.15, 0.2) is 59.3 Å². The van der Waals surface area contributed by atoms with Crippen LogP contribution in [-0.2, 0) is 17.8 Å². The van der Waals surface area contributed by atoms with Crippen molar-refractivity contribution in [2.24, 2.45) is 5.41 Å². The Bertz CT molecular complexity index is 1510. The molecule has 0 spiro atoms. The van der Waals surface area contributed by atoms with Crippen molar-refractivity contribution in [2.45, 2.75) is 58.5 Å². The summed E-state index contributed by atoms with van der Waals surface area (Å²) in [6, 6.07) is 15.2. The number of benzene rings is 2. The third kappa shape index (κ3) is 5.33. The minimum atomic E-state index is -0.624. The first kappa shape index (κ1) is 26.1. The van der Waals surface area contributed by atoms with Crippen LogP contribution in [0, 0.1) is 5.41 Å². The van der Waals surface area contributed by atoms with Gasteiger partial charge in [0.15, 0.2) is 0 Å². The van der Waals surface area contributed by atoms with Gasteiger partial charge in [-0.05, 0) is 35.4 Å². The van der Waals surface area contributed by atoms with E-state index in [1.165, 1.54) is 0 Å². The average Bonchev–Trinajstić information content (AvgIpc) is 3.61. The maximum atomic E-state index is 13.8. The molecule has 4 heterocycles. The van der Waals surface area contributed by atoms with E-state index in [9.17, 15) is 9.59 Å². The number of nitrogens with one attached hydrogen (secondary N) is 2. The molecular weight excluding hydrogens is 504 g/mol. The molecule has 1 saturated heterocycles. The smallest absolute Gasteiger partial charge is 0.318 e. The summed E-state index contributed by atoms with van der Waals surface area (Å²) >= 11 is 0. The molecule has 4 aromatic rings. The highest BCUT2D eigenvalue weighted by Gasteiger charge is 2.35. The standard InChI is InChI=1S/C31H36N6O3/c1-31(2,3)19-37-18-24-22(9-10-25-23(24)17-32-34-25)15-27(29(37)38)33-30(39)36-13-11-21(12-14-36)28-16-26(35-40-28)20-7-5-4-6-8-20/h4-10,16-17,21,27H,11-15,18-19H2,1-3H3,(H,32,34)(H,33,39)/t27-/m1/s1. The van der Waals surface area contributed by atoms with Gasteiger partial charge in [-0.3, -0.25) is 9.89 Å². The van der Waals surface area contributed by atoms with Gasteiger partial charge in [0, 0.05) is 55.5 Å². The summed E-state index contributed by atoms with van der Waals surface area (Å²) in [6.07, 6.45) is 3.85. The van der Waals surface area contributed by atoms with Crippen LogP contribution < -0.4 is 5.32 Å². The zero-order chi connectivity index (χ0) is 27.9. The van der Waals surface area contributed by atoms with Crippen LogP contribution in [0.4, 0.5) is 4.79 Å². The molecule has 9 nitrogen and oxygen atoms in total. The molecule has 6 rings (SSSR count). The lowest BCUT2D eigenvalue weighted by Crippen LogP contribution is -2.54. The SMILES string of the molecule is CC(C)(C)CN1Cc2c(ccc3[nH]ncc23)C[C@@H](NC(=O)N2CCC(c3cc(-c4ccccc4)no3)CC2)C1=O. The highest BCUT2D eigenvalue weighted by Crippen LogP contribution is 2.32. The quantitative estimate of drug-likeness (QED) is 0.374. The number of carbonyl (C=O) groups excluding carboxylic acids is 2. The molecule has 0 saturated carbocycles. The maximum Gasteiger partial charge on any atom is 0.318 e. The van der Waals surface area contributed by atoms with Gasteiger partial charge in [-0.1, -0.05) is 62.3 Å². The molecule has 9 heteroatoms. The zero-order valence-corrected chi connectivity index (χ0v) is 23.3. The van der Waals surface area contributed by atoms with E-state index < -0.39 is 6.04 Å². The Balaban J connectivity index is 1.14. The Morgan fingerprint density at radius 1 is 1.12 bits per heavy atom. The number of amides is 3. The van der Waals surface area contributed by atoms with Crippen molar-refractivity contribution in [1.29, 1.82) is 0 Å². The van der Waals surface area contributed by atoms with Crippen molar-refractivity contribution >= 4 is 22.8 Å². The number of nitrogens with zero attached hydrogens (tertiary/aromatic N) is 4. The monoisotopic (exact) mass is 540 g/mol. The number of carbonyl (C=O) groups is 2. The molecule has 0 aliphatic carbocycles. The van der Waals surface area contributed by atoms with Crippen molar-refractivity contribution < 1.29 is 14.1 Å². The predicted molar refractivity (Wildman–Crippen MR) is 152 cm³/mol. The first-order valence-electron chi connectivity index (χ1n) is 14.1. The second-order valence-electron chi connectivity index (χ2n) is 12.2. The summed E-state index contributed by atoms with van der Waals surface area (Å²) in [4.78, 5) is 30.9. The summed E-state index contributed by atoms with van der Waals surface area (Å²) in [5.74, 6) is 1.03. The number of rotatable bonds is 4. The van der Waals surface area contributed by atoms with Gasteiger partial charge in [-0.2, -0.15) is 5.10 Å². The van der Waals surface area contributed by atoms with E-state index in [1.54, 1.807) is 0 Å². The predicted octanol–water partition coefficient (Wildman–Crippen LogP) is 5.11. The van der Waals surface area contributed by atoms with E-state index in [-0.39, 0.29) is 23.3 Å². The fourth-order valence-corrected chi connectivity index (χ4v) is 5.95. The van der Waals surface area contributed by atoms with Crippen LogP contribution in [0.25, 0.3) is 22.2 Å². The Kier molecular flexibility index (Phi) is 6.82. The second kappa shape index (κ2) is 10.4. The molecular formula is C31H36N6O3. The van der Waals surface area contributed by atoms with Gasteiger partial charge in [0.2, 0.25) is 5.91 Å². The molecule has 2 aliphatic rings. The molecule has 0 radical (unpaired) electrons. The number of piperidine rings is 1. The van der Waals surface area contributed by atoms with E-state index in [2.05, 4.69) is 47.5 Å². The van der Waals surface area contributed by atoms with E-state index in [4.69, 9.17) is 4.52 Å². The van der Waals surface area contributed by atoms with Gasteiger partial charge < -0.3 is 19.6 Å². The highest BCUT2D eigenvalue weighted by atomic mass is 16.5. The summed E-state index contributed by atoms with van der Waals surface area (Å²) in [7, 11) is 0. The van der Waals surface area contributed by atoms with Gasteiger partial charge in [-0.25, -0.2) is 4.79 Å². The number of aromatic amines is 1. The molecule has 2 aliphatic heterocycles. The van der Waals surface area contributed by atoms with Crippen LogP contribution in [0.3, 0.4) is 0 Å². The van der Waals surface area contributed by atoms with E-state index in [0.29, 0.717) is 32.6 Å². The van der Waals surface area contributed by atoms with Crippen LogP contribution in [-0.4, -0.2) is 62.8 Å². The van der Waals surface area contributed by atoms with Crippen molar-refractivity contribution in [3.63, 3.8) is 0 Å². The lowest BCUT2D eigenvalue weighted by molar-refractivity contribution is -0.134. The topological polar surface area (TPSA) is 107 Å². The second-order valence-corrected chi connectivity index (χ2v) is 12.2. The van der Waals surface area contributed by atoms with Gasteiger partial charge in [0.05, 0.1) is 11.7 Å². The summed E-state index contributed by atoms with van der Waals surface area (Å²) in [5.41, 5.74) is 4.90. The van der Waals surface area contributed by atoms with Crippen LogP contribution >= 0.6 is 0 Å². The van der Waals surface area contributed by atoms with Gasteiger partial charge in [0.1, 0.15) is 17.5 Å². The number of hydrogen-bond acceptors (Lipinski definition) is 5. The van der Waals surface area contributed by atoms with Gasteiger partial charge in [0.25, 0.3) is 0 Å². The van der Waals surface area contributed by atoms with E-state index in [0.717, 1.165) is 51.9 Å². The van der Waals surface area contributed by atoms with Crippen molar-refractivity contribution in [3.8, 4) is 11.3 Å². The molecule has 0 unspecified atom stereocenters. The molecule has 208 valence electrons. The minimum absolute atomic E-state index is 0.0406. The molecule has 1 fully saturated rings. The Hall–Kier alpha value is -4.14. The number of H-pyrrole nitrogens is 1. The lowest BCUT2D eigenvalue weighted by atomic mass is 9.94. The van der Waals surface area contributed by atoms with Crippen molar-refractivity contribution in [2.75, 3.05) is 19.6 Å². The number of urea groups is 1. The van der Waals surface area contributed by atoms with Crippen molar-refractivity contribution in [3.05, 3.63) is 71.6 Å². The number of fused-ring (bicyclic) bond motifs is 3. The zero-order valence-electron chi connectivity index (χ0n) is 23.3. The average molecular weight is 541 g/mol. The summed E-state index contributed by atoms with van der Waals surface area (Å²) in [6.45, 7) is 8.66. The lowest BCUT2D eigenvalue weighted by Gasteiger charge is -2.34. The van der Waals surface area contributed by atoms with Gasteiger partial charge >= 0.3 is 6.03 Å². The fourth-order valence-electron chi connectivity index (χ4n) is 5.95. The molecule has 1 atom stereocenters. The number of likely N-dealkylation sites (tertiary alicyclic amines) is 1.